The Labute approximate surface area is 207 Å². The van der Waals surface area contributed by atoms with Crippen molar-refractivity contribution in [2.45, 2.75) is 19.9 Å². The number of anilines is 3. The minimum Gasteiger partial charge on any atom is -0.367 e. The highest BCUT2D eigenvalue weighted by molar-refractivity contribution is 7.80. The van der Waals surface area contributed by atoms with Gasteiger partial charge < -0.3 is 25.3 Å². The lowest BCUT2D eigenvalue weighted by Gasteiger charge is -2.45. The summed E-state index contributed by atoms with van der Waals surface area (Å²) >= 11 is 5.88. The first kappa shape index (κ1) is 24.1. The van der Waals surface area contributed by atoms with Gasteiger partial charge in [0.05, 0.1) is 11.6 Å². The summed E-state index contributed by atoms with van der Waals surface area (Å²) in [5.74, 6) is 2.14. The summed E-state index contributed by atoms with van der Waals surface area (Å²) in [5.41, 5.74) is 1.95. The predicted molar refractivity (Wildman–Crippen MR) is 145 cm³/mol. The van der Waals surface area contributed by atoms with Crippen molar-refractivity contribution in [3.8, 4) is 0 Å². The van der Waals surface area contributed by atoms with Crippen LogP contribution >= 0.6 is 12.2 Å². The number of piperazine rings is 1. The maximum atomic E-state index is 5.88. The van der Waals surface area contributed by atoms with Crippen LogP contribution in [0.1, 0.15) is 13.8 Å². The van der Waals surface area contributed by atoms with E-state index in [-0.39, 0.29) is 6.04 Å². The molecule has 3 aromatic rings. The number of nitrogens with zero attached hydrogens (tertiary/aromatic N) is 6. The number of hydrogen-bond acceptors (Lipinski definition) is 7. The van der Waals surface area contributed by atoms with Gasteiger partial charge in [-0.15, -0.1) is 10.2 Å². The lowest BCUT2D eigenvalue weighted by molar-refractivity contribution is 0.227. The van der Waals surface area contributed by atoms with Crippen molar-refractivity contribution in [2.24, 2.45) is 5.92 Å². The quantitative estimate of drug-likeness (QED) is 0.496. The zero-order chi connectivity index (χ0) is 24.1. The van der Waals surface area contributed by atoms with E-state index in [1.54, 1.807) is 0 Å². The third-order valence-corrected chi connectivity index (χ3v) is 6.51. The number of nitrogens with one attached hydrogen (secondary N) is 2. The maximum Gasteiger partial charge on any atom is 0.173 e. The van der Waals surface area contributed by atoms with Crippen LogP contribution in [0.25, 0.3) is 10.9 Å². The van der Waals surface area contributed by atoms with Gasteiger partial charge in [0.25, 0.3) is 0 Å². The molecule has 1 fully saturated rings. The SMILES string of the molecule is CC(C)C1CN(c2ccc(NCCN(C)C)nn2)CCN1C(=S)Nc1cccc2ncccc12. The molecule has 4 rings (SSSR count). The smallest absolute Gasteiger partial charge is 0.173 e. The molecule has 3 heterocycles. The second kappa shape index (κ2) is 10.9. The Bertz CT molecular complexity index is 1100. The van der Waals surface area contributed by atoms with Crippen molar-refractivity contribution >= 4 is 45.6 Å². The monoisotopic (exact) mass is 478 g/mol. The first-order chi connectivity index (χ1) is 16.4. The molecular formula is C25H34N8S. The molecule has 1 aliphatic rings. The van der Waals surface area contributed by atoms with E-state index in [0.717, 1.165) is 66.1 Å². The van der Waals surface area contributed by atoms with E-state index < -0.39 is 0 Å². The highest BCUT2D eigenvalue weighted by Crippen LogP contribution is 2.25. The van der Waals surface area contributed by atoms with Crippen LogP contribution in [0, 0.1) is 5.92 Å². The molecule has 1 aromatic carbocycles. The van der Waals surface area contributed by atoms with E-state index in [1.807, 2.05) is 30.5 Å². The molecule has 1 atom stereocenters. The lowest BCUT2D eigenvalue weighted by Crippen LogP contribution is -2.58. The minimum atomic E-state index is 0.265. The van der Waals surface area contributed by atoms with Gasteiger partial charge in [-0.3, -0.25) is 4.98 Å². The van der Waals surface area contributed by atoms with Crippen LogP contribution in [-0.4, -0.2) is 83.0 Å². The summed E-state index contributed by atoms with van der Waals surface area (Å²) in [6.45, 7) is 8.78. The summed E-state index contributed by atoms with van der Waals surface area (Å²) in [7, 11) is 4.11. The molecule has 9 heteroatoms. The molecule has 0 spiro atoms. The average molecular weight is 479 g/mol. The molecule has 1 saturated heterocycles. The van der Waals surface area contributed by atoms with Crippen LogP contribution in [0.5, 0.6) is 0 Å². The average Bonchev–Trinajstić information content (AvgIpc) is 2.84. The molecule has 0 saturated carbocycles. The molecule has 2 N–H and O–H groups in total. The Balaban J connectivity index is 1.42. The van der Waals surface area contributed by atoms with E-state index in [1.165, 1.54) is 0 Å². The normalized spacial score (nSPS) is 16.4. The predicted octanol–water partition coefficient (Wildman–Crippen LogP) is 3.54. The second-order valence-electron chi connectivity index (χ2n) is 9.26. The number of pyridine rings is 1. The number of fused-ring (bicyclic) bond motifs is 1. The summed E-state index contributed by atoms with van der Waals surface area (Å²) in [5, 5.41) is 17.5. The lowest BCUT2D eigenvalue weighted by atomic mass is 10.00. The molecule has 1 unspecified atom stereocenters. The molecule has 0 radical (unpaired) electrons. The van der Waals surface area contributed by atoms with Crippen LogP contribution in [0.3, 0.4) is 0 Å². The number of hydrogen-bond donors (Lipinski definition) is 2. The fourth-order valence-electron chi connectivity index (χ4n) is 4.24. The van der Waals surface area contributed by atoms with Crippen molar-refractivity contribution in [3.05, 3.63) is 48.7 Å². The van der Waals surface area contributed by atoms with Crippen LogP contribution < -0.4 is 15.5 Å². The second-order valence-corrected chi connectivity index (χ2v) is 9.65. The molecule has 0 bridgehead atoms. The summed E-state index contributed by atoms with van der Waals surface area (Å²) in [6.07, 6.45) is 1.81. The van der Waals surface area contributed by atoms with Crippen molar-refractivity contribution in [1.29, 1.82) is 0 Å². The number of aromatic nitrogens is 3. The fourth-order valence-corrected chi connectivity index (χ4v) is 4.57. The van der Waals surface area contributed by atoms with Crippen molar-refractivity contribution in [3.63, 3.8) is 0 Å². The highest BCUT2D eigenvalue weighted by Gasteiger charge is 2.31. The number of likely N-dealkylation sites (N-methyl/N-ethyl adjacent to an activating group) is 1. The van der Waals surface area contributed by atoms with Gasteiger partial charge in [-0.05, 0) is 68.6 Å². The molecule has 0 aliphatic carbocycles. The maximum absolute atomic E-state index is 5.88. The van der Waals surface area contributed by atoms with Gasteiger partial charge in [-0.1, -0.05) is 19.9 Å². The number of rotatable bonds is 7. The first-order valence-electron chi connectivity index (χ1n) is 11.8. The molecule has 34 heavy (non-hydrogen) atoms. The van der Waals surface area contributed by atoms with Crippen molar-refractivity contribution in [1.82, 2.24) is 25.0 Å². The van der Waals surface area contributed by atoms with E-state index in [9.17, 15) is 0 Å². The van der Waals surface area contributed by atoms with E-state index >= 15 is 0 Å². The van der Waals surface area contributed by atoms with Gasteiger partial charge in [0.1, 0.15) is 5.82 Å². The fraction of sp³-hybridized carbons (Fsp3) is 0.440. The Morgan fingerprint density at radius 1 is 1.12 bits per heavy atom. The van der Waals surface area contributed by atoms with E-state index in [4.69, 9.17) is 12.2 Å². The Morgan fingerprint density at radius 2 is 1.97 bits per heavy atom. The van der Waals surface area contributed by atoms with Gasteiger partial charge in [-0.25, -0.2) is 0 Å². The molecule has 180 valence electrons. The Morgan fingerprint density at radius 3 is 2.71 bits per heavy atom. The Kier molecular flexibility index (Phi) is 7.74. The zero-order valence-corrected chi connectivity index (χ0v) is 21.2. The van der Waals surface area contributed by atoms with Gasteiger partial charge >= 0.3 is 0 Å². The van der Waals surface area contributed by atoms with Crippen LogP contribution in [-0.2, 0) is 0 Å². The summed E-state index contributed by atoms with van der Waals surface area (Å²) in [6, 6.07) is 14.4. The van der Waals surface area contributed by atoms with E-state index in [0.29, 0.717) is 5.92 Å². The van der Waals surface area contributed by atoms with Crippen molar-refractivity contribution < 1.29 is 0 Å². The zero-order valence-electron chi connectivity index (χ0n) is 20.4. The highest BCUT2D eigenvalue weighted by atomic mass is 32.1. The van der Waals surface area contributed by atoms with Crippen molar-refractivity contribution in [2.75, 3.05) is 62.4 Å². The van der Waals surface area contributed by atoms with Gasteiger partial charge in [0.2, 0.25) is 0 Å². The number of benzene rings is 1. The molecule has 2 aromatic heterocycles. The Hall–Kier alpha value is -3.04. The third-order valence-electron chi connectivity index (χ3n) is 6.18. The summed E-state index contributed by atoms with van der Waals surface area (Å²) in [4.78, 5) is 11.2. The van der Waals surface area contributed by atoms with Gasteiger partial charge in [0, 0.05) is 50.0 Å². The van der Waals surface area contributed by atoms with E-state index in [2.05, 4.69) is 86.7 Å². The molecule has 0 amide bonds. The molecule has 1 aliphatic heterocycles. The number of thiocarbonyl (C=S) groups is 1. The standard InChI is InChI=1S/C25H34N8S/c1-18(2)22-17-32(24-11-10-23(29-30-24)27-13-14-31(3)4)15-16-33(22)25(34)28-21-9-5-8-20-19(21)7-6-12-26-20/h5-12,18,22H,13-17H2,1-4H3,(H,27,29)(H,28,34). The largest absolute Gasteiger partial charge is 0.367 e. The third kappa shape index (κ3) is 5.71. The summed E-state index contributed by atoms with van der Waals surface area (Å²) < 4.78 is 0. The molecular weight excluding hydrogens is 444 g/mol. The van der Waals surface area contributed by atoms with Gasteiger partial charge in [-0.2, -0.15) is 0 Å². The van der Waals surface area contributed by atoms with Crippen LogP contribution in [0.2, 0.25) is 0 Å². The van der Waals surface area contributed by atoms with Crippen LogP contribution in [0.4, 0.5) is 17.3 Å². The van der Waals surface area contributed by atoms with Crippen LogP contribution in [0.15, 0.2) is 48.7 Å². The first-order valence-corrected chi connectivity index (χ1v) is 12.2. The van der Waals surface area contributed by atoms with Gasteiger partial charge in [0.15, 0.2) is 10.9 Å². The molecule has 8 nitrogen and oxygen atoms in total. The minimum absolute atomic E-state index is 0.265. The topological polar surface area (TPSA) is 72.5 Å².